The number of carbonyl (C=O) groups is 4. The highest BCUT2D eigenvalue weighted by Crippen LogP contribution is 2.30. The summed E-state index contributed by atoms with van der Waals surface area (Å²) in [6, 6.07) is 3.91. The van der Waals surface area contributed by atoms with E-state index < -0.39 is 30.2 Å². The lowest BCUT2D eigenvalue weighted by Gasteiger charge is -2.14. The number of ketones is 1. The third kappa shape index (κ3) is 2.70. The Morgan fingerprint density at radius 3 is 2.38 bits per heavy atom. The van der Waals surface area contributed by atoms with Gasteiger partial charge in [0.05, 0.1) is 19.8 Å². The molecule has 8 heteroatoms. The zero-order valence-electron chi connectivity index (χ0n) is 13.1. The Morgan fingerprint density at radius 1 is 1.04 bits per heavy atom. The van der Waals surface area contributed by atoms with Crippen LogP contribution in [0.5, 0.6) is 11.5 Å². The molecule has 2 aliphatic heterocycles. The van der Waals surface area contributed by atoms with Crippen LogP contribution in [-0.4, -0.2) is 59.7 Å². The molecule has 1 fully saturated rings. The molecule has 0 aliphatic carbocycles. The van der Waals surface area contributed by atoms with E-state index in [-0.39, 0.29) is 12.1 Å². The molecule has 1 aromatic rings. The highest BCUT2D eigenvalue weighted by Gasteiger charge is 2.44. The summed E-state index contributed by atoms with van der Waals surface area (Å²) in [5.41, 5.74) is 0.280. The van der Waals surface area contributed by atoms with Crippen LogP contribution in [-0.2, 0) is 9.59 Å². The molecule has 1 aromatic carbocycles. The Labute approximate surface area is 137 Å². The first-order chi connectivity index (χ1) is 11.5. The lowest BCUT2D eigenvalue weighted by Crippen LogP contribution is -2.37. The van der Waals surface area contributed by atoms with Crippen LogP contribution in [0.2, 0.25) is 0 Å². The first-order valence-corrected chi connectivity index (χ1v) is 7.63. The number of benzene rings is 1. The molecule has 2 aliphatic rings. The molecule has 0 unspecified atom stereocenters. The topological polar surface area (TPSA) is 93.2 Å². The second kappa shape index (κ2) is 6.31. The van der Waals surface area contributed by atoms with Crippen LogP contribution in [0.1, 0.15) is 23.7 Å². The van der Waals surface area contributed by atoms with Crippen LogP contribution in [0.15, 0.2) is 18.2 Å². The molecule has 0 N–H and O–H groups in total. The highest BCUT2D eigenvalue weighted by molar-refractivity contribution is 6.45. The van der Waals surface area contributed by atoms with Gasteiger partial charge in [-0.15, -0.1) is 0 Å². The predicted molar refractivity (Wildman–Crippen MR) is 80.9 cm³/mol. The summed E-state index contributed by atoms with van der Waals surface area (Å²) in [7, 11) is 0. The van der Waals surface area contributed by atoms with Gasteiger partial charge in [0.1, 0.15) is 0 Å². The molecule has 4 amide bonds. The standard InChI is InChI=1S/C16H16N2O6/c1-2-17-14(20)15(21)18(16(17)22)9-11(19)10-4-5-12-13(8-10)24-7-3-6-23-12/h4-5,8H,2-3,6-7,9H2,1H3. The molecule has 0 radical (unpaired) electrons. The van der Waals surface area contributed by atoms with E-state index in [0.717, 1.165) is 11.3 Å². The molecule has 8 nitrogen and oxygen atoms in total. The van der Waals surface area contributed by atoms with E-state index in [1.165, 1.54) is 6.07 Å². The van der Waals surface area contributed by atoms with Gasteiger partial charge in [0.2, 0.25) is 0 Å². The predicted octanol–water partition coefficient (Wildman–Crippen LogP) is 0.841. The zero-order chi connectivity index (χ0) is 17.3. The van der Waals surface area contributed by atoms with Crippen molar-refractivity contribution in [3.63, 3.8) is 0 Å². The van der Waals surface area contributed by atoms with E-state index >= 15 is 0 Å². The van der Waals surface area contributed by atoms with Gasteiger partial charge in [-0.3, -0.25) is 19.3 Å². The number of fused-ring (bicyclic) bond motifs is 1. The molecule has 24 heavy (non-hydrogen) atoms. The number of nitrogens with zero attached hydrogens (tertiary/aromatic N) is 2. The van der Waals surface area contributed by atoms with E-state index in [1.54, 1.807) is 19.1 Å². The van der Waals surface area contributed by atoms with Crippen molar-refractivity contribution < 1.29 is 28.7 Å². The molecule has 126 valence electrons. The van der Waals surface area contributed by atoms with Gasteiger partial charge < -0.3 is 9.47 Å². The van der Waals surface area contributed by atoms with Crippen LogP contribution in [0, 0.1) is 0 Å². The number of hydrogen-bond donors (Lipinski definition) is 0. The summed E-state index contributed by atoms with van der Waals surface area (Å²) < 4.78 is 11.0. The lowest BCUT2D eigenvalue weighted by molar-refractivity contribution is -0.143. The van der Waals surface area contributed by atoms with Gasteiger partial charge in [-0.25, -0.2) is 9.69 Å². The van der Waals surface area contributed by atoms with Crippen LogP contribution >= 0.6 is 0 Å². The number of rotatable bonds is 4. The Kier molecular flexibility index (Phi) is 4.20. The van der Waals surface area contributed by atoms with Gasteiger partial charge in [0.25, 0.3) is 0 Å². The fourth-order valence-electron chi connectivity index (χ4n) is 2.54. The smallest absolute Gasteiger partial charge is 0.334 e. The number of amides is 4. The average molecular weight is 332 g/mol. The Balaban J connectivity index is 1.78. The van der Waals surface area contributed by atoms with Crippen molar-refractivity contribution in [3.05, 3.63) is 23.8 Å². The van der Waals surface area contributed by atoms with Gasteiger partial charge in [0.15, 0.2) is 17.3 Å². The van der Waals surface area contributed by atoms with Crippen LogP contribution in [0.3, 0.4) is 0 Å². The molecular formula is C16H16N2O6. The Bertz CT molecular complexity index is 729. The summed E-state index contributed by atoms with van der Waals surface area (Å²) >= 11 is 0. The normalized spacial score (nSPS) is 17.3. The minimum atomic E-state index is -0.982. The first-order valence-electron chi connectivity index (χ1n) is 7.63. The van der Waals surface area contributed by atoms with Crippen molar-refractivity contribution in [2.75, 3.05) is 26.3 Å². The summed E-state index contributed by atoms with van der Waals surface area (Å²) in [4.78, 5) is 49.4. The van der Waals surface area contributed by atoms with E-state index in [2.05, 4.69) is 0 Å². The quantitative estimate of drug-likeness (QED) is 0.461. The van der Waals surface area contributed by atoms with E-state index in [1.807, 2.05) is 0 Å². The number of carbonyl (C=O) groups excluding carboxylic acids is 4. The molecule has 3 rings (SSSR count). The average Bonchev–Trinajstić information content (AvgIpc) is 2.77. The molecule has 0 bridgehead atoms. The molecule has 0 aromatic heterocycles. The number of urea groups is 1. The van der Waals surface area contributed by atoms with Crippen molar-refractivity contribution in [3.8, 4) is 11.5 Å². The van der Waals surface area contributed by atoms with E-state index in [4.69, 9.17) is 9.47 Å². The number of hydrogen-bond acceptors (Lipinski definition) is 6. The monoisotopic (exact) mass is 332 g/mol. The lowest BCUT2D eigenvalue weighted by atomic mass is 10.1. The van der Waals surface area contributed by atoms with Gasteiger partial charge in [-0.2, -0.15) is 0 Å². The van der Waals surface area contributed by atoms with Gasteiger partial charge in [0, 0.05) is 18.5 Å². The van der Waals surface area contributed by atoms with E-state index in [0.29, 0.717) is 29.6 Å². The third-order valence-corrected chi connectivity index (χ3v) is 3.82. The van der Waals surface area contributed by atoms with Crippen molar-refractivity contribution in [2.45, 2.75) is 13.3 Å². The largest absolute Gasteiger partial charge is 0.490 e. The summed E-state index contributed by atoms with van der Waals surface area (Å²) in [5, 5.41) is 0. The summed E-state index contributed by atoms with van der Waals surface area (Å²) in [5.74, 6) is -1.36. The van der Waals surface area contributed by atoms with Crippen molar-refractivity contribution in [1.82, 2.24) is 9.80 Å². The maximum Gasteiger partial charge on any atom is 0.334 e. The van der Waals surface area contributed by atoms with E-state index in [9.17, 15) is 19.2 Å². The number of ether oxygens (including phenoxy) is 2. The third-order valence-electron chi connectivity index (χ3n) is 3.82. The zero-order valence-corrected chi connectivity index (χ0v) is 13.1. The first kappa shape index (κ1) is 16.0. The minimum Gasteiger partial charge on any atom is -0.490 e. The molecule has 0 atom stereocenters. The SMILES string of the molecule is CCN1C(=O)C(=O)N(CC(=O)c2ccc3c(c2)OCCCO3)C1=O. The highest BCUT2D eigenvalue weighted by atomic mass is 16.5. The van der Waals surface area contributed by atoms with Gasteiger partial charge in [-0.05, 0) is 25.1 Å². The Morgan fingerprint density at radius 2 is 1.71 bits per heavy atom. The summed E-state index contributed by atoms with van der Waals surface area (Å²) in [6.45, 7) is 2.19. The van der Waals surface area contributed by atoms with Crippen LogP contribution < -0.4 is 9.47 Å². The van der Waals surface area contributed by atoms with Crippen LogP contribution in [0.25, 0.3) is 0 Å². The Hall–Kier alpha value is -2.90. The minimum absolute atomic E-state index is 0.0815. The molecule has 0 saturated carbocycles. The van der Waals surface area contributed by atoms with Crippen LogP contribution in [0.4, 0.5) is 4.79 Å². The van der Waals surface area contributed by atoms with Gasteiger partial charge in [-0.1, -0.05) is 0 Å². The molecule has 2 heterocycles. The van der Waals surface area contributed by atoms with Crippen molar-refractivity contribution in [1.29, 1.82) is 0 Å². The molecular weight excluding hydrogens is 316 g/mol. The fraction of sp³-hybridized carbons (Fsp3) is 0.375. The maximum absolute atomic E-state index is 12.4. The van der Waals surface area contributed by atoms with Crippen molar-refractivity contribution in [2.24, 2.45) is 0 Å². The van der Waals surface area contributed by atoms with Crippen molar-refractivity contribution >= 4 is 23.6 Å². The second-order valence-corrected chi connectivity index (χ2v) is 5.36. The number of imide groups is 2. The second-order valence-electron chi connectivity index (χ2n) is 5.36. The number of likely N-dealkylation sites (N-methyl/N-ethyl adjacent to an activating group) is 1. The fourth-order valence-corrected chi connectivity index (χ4v) is 2.54. The molecule has 1 saturated heterocycles. The maximum atomic E-state index is 12.4. The molecule has 0 spiro atoms. The summed E-state index contributed by atoms with van der Waals surface area (Å²) in [6.07, 6.45) is 0.740. The van der Waals surface area contributed by atoms with Gasteiger partial charge >= 0.3 is 17.8 Å². The number of Topliss-reactive ketones (excluding diaryl/α,β-unsaturated/α-hetero) is 1.